The van der Waals surface area contributed by atoms with Crippen molar-refractivity contribution in [3.63, 3.8) is 0 Å². The van der Waals surface area contributed by atoms with Crippen LogP contribution in [0.15, 0.2) is 30.3 Å². The van der Waals surface area contributed by atoms with Crippen LogP contribution in [0, 0.1) is 5.82 Å². The molecule has 1 aromatic carbocycles. The summed E-state index contributed by atoms with van der Waals surface area (Å²) in [7, 11) is 3.64. The van der Waals surface area contributed by atoms with Gasteiger partial charge in [0.15, 0.2) is 6.29 Å². The molecule has 0 spiro atoms. The van der Waals surface area contributed by atoms with Crippen molar-refractivity contribution in [1.82, 2.24) is 25.3 Å². The van der Waals surface area contributed by atoms with E-state index < -0.39 is 0 Å². The van der Waals surface area contributed by atoms with Gasteiger partial charge >= 0.3 is 0 Å². The maximum Gasteiger partial charge on any atom is 0.272 e. The lowest BCUT2D eigenvalue weighted by molar-refractivity contribution is 0.0432. The topological polar surface area (TPSA) is 79.3 Å². The Kier molecular flexibility index (Phi) is 9.36. The van der Waals surface area contributed by atoms with Crippen molar-refractivity contribution >= 4 is 12.2 Å². The number of nitrogens with one attached hydrogen (secondary N) is 2. The molecular weight excluding hydrogens is 433 g/mol. The lowest BCUT2D eigenvalue weighted by atomic mass is 9.93. The Morgan fingerprint density at radius 3 is 2.50 bits per heavy atom. The predicted molar refractivity (Wildman–Crippen MR) is 131 cm³/mol. The Labute approximate surface area is 202 Å². The smallest absolute Gasteiger partial charge is 0.272 e. The number of hydrogen-bond donors (Lipinski definition) is 2. The van der Waals surface area contributed by atoms with Crippen molar-refractivity contribution in [3.05, 3.63) is 53.1 Å². The van der Waals surface area contributed by atoms with Crippen molar-refractivity contribution in [2.45, 2.75) is 76.5 Å². The molecule has 0 bridgehead atoms. The highest BCUT2D eigenvalue weighted by Crippen LogP contribution is 2.26. The van der Waals surface area contributed by atoms with E-state index in [2.05, 4.69) is 22.7 Å². The Hall–Kier alpha value is -2.58. The van der Waals surface area contributed by atoms with E-state index in [4.69, 9.17) is 0 Å². The molecule has 2 aliphatic rings. The van der Waals surface area contributed by atoms with Gasteiger partial charge in [-0.2, -0.15) is 5.10 Å². The molecule has 2 N–H and O–H groups in total. The van der Waals surface area contributed by atoms with Gasteiger partial charge in [-0.3, -0.25) is 14.3 Å². The third-order valence-corrected chi connectivity index (χ3v) is 6.95. The first-order valence-corrected chi connectivity index (χ1v) is 12.3. The number of halogens is 1. The second-order valence-corrected chi connectivity index (χ2v) is 9.64. The van der Waals surface area contributed by atoms with Gasteiger partial charge in [0.05, 0.1) is 12.1 Å². The third kappa shape index (κ3) is 6.51. The zero-order chi connectivity index (χ0) is 24.6. The van der Waals surface area contributed by atoms with Gasteiger partial charge in [0.2, 0.25) is 0 Å². The molecule has 1 amide bonds. The molecule has 1 aliphatic heterocycles. The highest BCUT2D eigenvalue weighted by Gasteiger charge is 2.40. The molecule has 0 saturated heterocycles. The number of rotatable bonds is 6. The van der Waals surface area contributed by atoms with E-state index in [0.29, 0.717) is 42.4 Å². The quantitative estimate of drug-likeness (QED) is 0.627. The Balaban J connectivity index is 0.000000271. The first kappa shape index (κ1) is 26.0. The van der Waals surface area contributed by atoms with Crippen LogP contribution >= 0.6 is 0 Å². The van der Waals surface area contributed by atoms with Crippen LogP contribution in [-0.4, -0.2) is 59.1 Å². The molecule has 2 aromatic rings. The second-order valence-electron chi connectivity index (χ2n) is 9.64. The first-order chi connectivity index (χ1) is 16.4. The molecular formula is C26H38FN5O2. The Morgan fingerprint density at radius 2 is 1.85 bits per heavy atom. The standard InChI is InChI=1S/C18H28N4O2.C8H10FN/c1-18(12-19-14-8-6-4-3-5-7-9-14)13-22-16(17(24)21(18)2)10-15(11-23)20-22;1-10-6-7-4-2-3-5-8(7)9/h10-11,14,19H,3-9,12-13H2,1-2H3;2-5,10H,6H2,1H3. The van der Waals surface area contributed by atoms with Gasteiger partial charge in [0.1, 0.15) is 17.2 Å². The van der Waals surface area contributed by atoms with Crippen LogP contribution in [-0.2, 0) is 13.1 Å². The van der Waals surface area contributed by atoms with E-state index in [-0.39, 0.29) is 17.3 Å². The van der Waals surface area contributed by atoms with Crippen LogP contribution in [0.4, 0.5) is 4.39 Å². The lowest BCUT2D eigenvalue weighted by Crippen LogP contribution is -2.60. The lowest BCUT2D eigenvalue weighted by Gasteiger charge is -2.43. The van der Waals surface area contributed by atoms with Crippen molar-refractivity contribution in [1.29, 1.82) is 0 Å². The molecule has 1 unspecified atom stereocenters. The average molecular weight is 472 g/mol. The zero-order valence-electron chi connectivity index (χ0n) is 20.6. The van der Waals surface area contributed by atoms with E-state index in [0.717, 1.165) is 6.54 Å². The molecule has 4 rings (SSSR count). The third-order valence-electron chi connectivity index (χ3n) is 6.95. The fourth-order valence-electron chi connectivity index (χ4n) is 4.66. The Bertz CT molecular complexity index is 954. The summed E-state index contributed by atoms with van der Waals surface area (Å²) in [5, 5.41) is 10.8. The van der Waals surface area contributed by atoms with Crippen molar-refractivity contribution < 1.29 is 14.0 Å². The van der Waals surface area contributed by atoms with E-state index in [1.165, 1.54) is 51.0 Å². The van der Waals surface area contributed by atoms with Crippen LogP contribution in [0.3, 0.4) is 0 Å². The van der Waals surface area contributed by atoms with Gasteiger partial charge in [0.25, 0.3) is 5.91 Å². The molecule has 1 saturated carbocycles. The summed E-state index contributed by atoms with van der Waals surface area (Å²) in [4.78, 5) is 25.4. The average Bonchev–Trinajstić information content (AvgIpc) is 3.22. The molecule has 186 valence electrons. The molecule has 7 nitrogen and oxygen atoms in total. The zero-order valence-corrected chi connectivity index (χ0v) is 20.6. The van der Waals surface area contributed by atoms with E-state index in [9.17, 15) is 14.0 Å². The summed E-state index contributed by atoms with van der Waals surface area (Å²) in [6.45, 7) is 4.03. The summed E-state index contributed by atoms with van der Waals surface area (Å²) >= 11 is 0. The van der Waals surface area contributed by atoms with Crippen molar-refractivity contribution in [2.24, 2.45) is 0 Å². The van der Waals surface area contributed by atoms with Crippen LogP contribution < -0.4 is 10.6 Å². The Morgan fingerprint density at radius 1 is 1.18 bits per heavy atom. The number of carbonyl (C=O) groups is 2. The van der Waals surface area contributed by atoms with E-state index in [1.54, 1.807) is 34.8 Å². The van der Waals surface area contributed by atoms with Crippen molar-refractivity contribution in [2.75, 3.05) is 20.6 Å². The van der Waals surface area contributed by atoms with Crippen LogP contribution in [0.25, 0.3) is 0 Å². The van der Waals surface area contributed by atoms with Gasteiger partial charge in [-0.25, -0.2) is 4.39 Å². The summed E-state index contributed by atoms with van der Waals surface area (Å²) < 4.78 is 14.4. The minimum Gasteiger partial charge on any atom is -0.332 e. The van der Waals surface area contributed by atoms with Gasteiger partial charge < -0.3 is 15.5 Å². The van der Waals surface area contributed by atoms with Gasteiger partial charge in [-0.15, -0.1) is 0 Å². The predicted octanol–water partition coefficient (Wildman–Crippen LogP) is 3.79. The SMILES string of the molecule is CN1C(=O)c2cc(C=O)nn2CC1(C)CNC1CCCCCCC1.CNCc1ccccc1F. The van der Waals surface area contributed by atoms with Crippen LogP contribution in [0.1, 0.15) is 78.4 Å². The number of benzene rings is 1. The van der Waals surface area contributed by atoms with E-state index >= 15 is 0 Å². The molecule has 1 atom stereocenters. The maximum absolute atomic E-state index is 12.7. The summed E-state index contributed by atoms with van der Waals surface area (Å²) in [5.74, 6) is -0.208. The number of aldehydes is 1. The molecule has 1 aliphatic carbocycles. The fraction of sp³-hybridized carbons (Fsp3) is 0.577. The van der Waals surface area contributed by atoms with Gasteiger partial charge in [-0.05, 0) is 38.9 Å². The fourth-order valence-corrected chi connectivity index (χ4v) is 4.66. The summed E-state index contributed by atoms with van der Waals surface area (Å²) in [6.07, 6.45) is 9.74. The normalized spacial score (nSPS) is 21.2. The molecule has 34 heavy (non-hydrogen) atoms. The first-order valence-electron chi connectivity index (χ1n) is 12.3. The highest BCUT2D eigenvalue weighted by atomic mass is 19.1. The number of fused-ring (bicyclic) bond motifs is 1. The number of aromatic nitrogens is 2. The molecule has 8 heteroatoms. The number of likely N-dealkylation sites (N-methyl/N-ethyl adjacent to an activating group) is 1. The number of nitrogens with zero attached hydrogens (tertiary/aromatic N) is 3. The minimum atomic E-state index is -0.335. The highest BCUT2D eigenvalue weighted by molar-refractivity contribution is 5.95. The number of amides is 1. The minimum absolute atomic E-state index is 0.0659. The van der Waals surface area contributed by atoms with Gasteiger partial charge in [0, 0.05) is 31.7 Å². The molecule has 1 fully saturated rings. The van der Waals surface area contributed by atoms with E-state index in [1.807, 2.05) is 13.1 Å². The van der Waals surface area contributed by atoms with Crippen molar-refractivity contribution in [3.8, 4) is 0 Å². The summed E-state index contributed by atoms with van der Waals surface area (Å²) in [6, 6.07) is 8.87. The molecule has 1 aromatic heterocycles. The molecule has 0 radical (unpaired) electrons. The van der Waals surface area contributed by atoms with Crippen LogP contribution in [0.5, 0.6) is 0 Å². The monoisotopic (exact) mass is 471 g/mol. The second kappa shape index (κ2) is 12.2. The molecule has 2 heterocycles. The number of hydrogen-bond acceptors (Lipinski definition) is 5. The van der Waals surface area contributed by atoms with Gasteiger partial charge in [-0.1, -0.05) is 50.3 Å². The largest absolute Gasteiger partial charge is 0.332 e. The number of carbonyl (C=O) groups excluding carboxylic acids is 2. The maximum atomic E-state index is 12.7. The van der Waals surface area contributed by atoms with Crippen LogP contribution in [0.2, 0.25) is 0 Å². The summed E-state index contributed by atoms with van der Waals surface area (Å²) in [5.41, 5.74) is 1.20.